The first-order valence-electron chi connectivity index (χ1n) is 9.73. The minimum absolute atomic E-state index is 0.0672. The average molecular weight is 392 g/mol. The summed E-state index contributed by atoms with van der Waals surface area (Å²) in [5, 5.41) is 4.53. The van der Waals surface area contributed by atoms with Crippen molar-refractivity contribution in [2.24, 2.45) is 0 Å². The Morgan fingerprint density at radius 3 is 2.69 bits per heavy atom. The molecule has 1 saturated heterocycles. The summed E-state index contributed by atoms with van der Waals surface area (Å²) in [6.45, 7) is 2.80. The number of nitrogens with zero attached hydrogens (tertiary/aromatic N) is 2. The van der Waals surface area contributed by atoms with Crippen LogP contribution in [-0.4, -0.2) is 35.6 Å². The van der Waals surface area contributed by atoms with Crippen molar-refractivity contribution in [3.8, 4) is 22.8 Å². The zero-order chi connectivity index (χ0) is 20.2. The maximum absolute atomic E-state index is 12.0. The number of benzene rings is 2. The van der Waals surface area contributed by atoms with Crippen molar-refractivity contribution in [3.05, 3.63) is 65.9 Å². The van der Waals surface area contributed by atoms with E-state index in [-0.39, 0.29) is 12.1 Å². The predicted octanol–water partition coefficient (Wildman–Crippen LogP) is 4.32. The Bertz CT molecular complexity index is 991. The van der Waals surface area contributed by atoms with Crippen LogP contribution < -0.4 is 9.47 Å². The van der Waals surface area contributed by atoms with Gasteiger partial charge >= 0.3 is 0 Å². The highest BCUT2D eigenvalue weighted by Crippen LogP contribution is 2.35. The van der Waals surface area contributed by atoms with Gasteiger partial charge in [-0.05, 0) is 36.2 Å². The van der Waals surface area contributed by atoms with Gasteiger partial charge in [-0.15, -0.1) is 0 Å². The molecule has 1 atom stereocenters. The van der Waals surface area contributed by atoms with Crippen molar-refractivity contribution < 1.29 is 19.0 Å². The lowest BCUT2D eigenvalue weighted by molar-refractivity contribution is -0.0402. The van der Waals surface area contributed by atoms with E-state index in [4.69, 9.17) is 14.2 Å². The lowest BCUT2D eigenvalue weighted by Crippen LogP contribution is -2.14. The molecule has 0 N–H and O–H groups in total. The molecule has 1 aromatic heterocycles. The van der Waals surface area contributed by atoms with Gasteiger partial charge in [0.1, 0.15) is 5.69 Å². The molecule has 0 radical (unpaired) electrons. The Hall–Kier alpha value is -3.12. The van der Waals surface area contributed by atoms with Crippen LogP contribution in [0.2, 0.25) is 0 Å². The zero-order valence-corrected chi connectivity index (χ0v) is 16.6. The number of hydrogen-bond donors (Lipinski definition) is 0. The van der Waals surface area contributed by atoms with E-state index in [0.717, 1.165) is 29.7 Å². The molecule has 0 saturated carbocycles. The molecule has 0 aliphatic carbocycles. The van der Waals surface area contributed by atoms with Crippen molar-refractivity contribution in [1.29, 1.82) is 0 Å². The molecule has 1 aliphatic heterocycles. The SMILES string of the molecule is COc1ccc(-c2cc(C(C)=O)nn2Cc2ccccc2)cc1OC1CCCO1. The van der Waals surface area contributed by atoms with E-state index < -0.39 is 0 Å². The lowest BCUT2D eigenvalue weighted by Gasteiger charge is -2.17. The lowest BCUT2D eigenvalue weighted by atomic mass is 10.1. The first kappa shape index (κ1) is 19.2. The number of ether oxygens (including phenoxy) is 3. The second-order valence-electron chi connectivity index (χ2n) is 7.04. The Morgan fingerprint density at radius 1 is 1.17 bits per heavy atom. The third-order valence-corrected chi connectivity index (χ3v) is 4.92. The fourth-order valence-electron chi connectivity index (χ4n) is 3.41. The Kier molecular flexibility index (Phi) is 5.62. The molecule has 1 unspecified atom stereocenters. The Balaban J connectivity index is 1.71. The average Bonchev–Trinajstić information content (AvgIpc) is 3.39. The molecule has 0 amide bonds. The summed E-state index contributed by atoms with van der Waals surface area (Å²) < 4.78 is 18.9. The molecular weight excluding hydrogens is 368 g/mol. The van der Waals surface area contributed by atoms with Gasteiger partial charge in [-0.1, -0.05) is 30.3 Å². The first-order chi connectivity index (χ1) is 14.1. The first-order valence-corrected chi connectivity index (χ1v) is 9.73. The maximum atomic E-state index is 12.0. The van der Waals surface area contributed by atoms with E-state index in [9.17, 15) is 4.79 Å². The summed E-state index contributed by atoms with van der Waals surface area (Å²) in [6, 6.07) is 17.6. The summed E-state index contributed by atoms with van der Waals surface area (Å²) in [5.41, 5.74) is 3.29. The molecule has 6 heteroatoms. The monoisotopic (exact) mass is 392 g/mol. The number of methoxy groups -OCH3 is 1. The van der Waals surface area contributed by atoms with Crippen LogP contribution >= 0.6 is 0 Å². The molecule has 4 rings (SSSR count). The number of Topliss-reactive ketones (excluding diaryl/α,β-unsaturated/α-hetero) is 1. The molecule has 29 heavy (non-hydrogen) atoms. The molecule has 6 nitrogen and oxygen atoms in total. The van der Waals surface area contributed by atoms with Gasteiger partial charge in [0.05, 0.1) is 26.0 Å². The van der Waals surface area contributed by atoms with Crippen molar-refractivity contribution in [2.45, 2.75) is 32.6 Å². The highest BCUT2D eigenvalue weighted by molar-refractivity contribution is 5.93. The highest BCUT2D eigenvalue weighted by Gasteiger charge is 2.20. The van der Waals surface area contributed by atoms with Crippen LogP contribution in [-0.2, 0) is 11.3 Å². The van der Waals surface area contributed by atoms with Crippen LogP contribution in [0, 0.1) is 0 Å². The van der Waals surface area contributed by atoms with Crippen molar-refractivity contribution in [3.63, 3.8) is 0 Å². The molecule has 2 aromatic carbocycles. The van der Waals surface area contributed by atoms with Crippen LogP contribution in [0.25, 0.3) is 11.3 Å². The van der Waals surface area contributed by atoms with Crippen LogP contribution in [0.1, 0.15) is 35.8 Å². The Labute approximate surface area is 170 Å². The smallest absolute Gasteiger partial charge is 0.200 e. The second kappa shape index (κ2) is 8.49. The standard InChI is InChI=1S/C23H24N2O4/c1-16(26)19-14-20(25(24-19)15-17-7-4-3-5-8-17)18-10-11-21(27-2)22(13-18)29-23-9-6-12-28-23/h3-5,7-8,10-11,13-14,23H,6,9,12,15H2,1-2H3. The normalized spacial score (nSPS) is 16.0. The topological polar surface area (TPSA) is 62.6 Å². The van der Waals surface area contributed by atoms with E-state index in [2.05, 4.69) is 5.10 Å². The van der Waals surface area contributed by atoms with Gasteiger partial charge in [-0.3, -0.25) is 9.48 Å². The van der Waals surface area contributed by atoms with Gasteiger partial charge in [0, 0.05) is 18.9 Å². The van der Waals surface area contributed by atoms with E-state index in [1.807, 2.05) is 59.3 Å². The number of carbonyl (C=O) groups excluding carboxylic acids is 1. The Morgan fingerprint density at radius 2 is 2.00 bits per heavy atom. The quantitative estimate of drug-likeness (QED) is 0.560. The summed E-state index contributed by atoms with van der Waals surface area (Å²) in [4.78, 5) is 12.0. The fraction of sp³-hybridized carbons (Fsp3) is 0.304. The zero-order valence-electron chi connectivity index (χ0n) is 16.6. The van der Waals surface area contributed by atoms with Crippen LogP contribution in [0.4, 0.5) is 0 Å². The van der Waals surface area contributed by atoms with Gasteiger partial charge in [-0.25, -0.2) is 0 Å². The van der Waals surface area contributed by atoms with Gasteiger partial charge in [0.25, 0.3) is 0 Å². The summed E-state index contributed by atoms with van der Waals surface area (Å²) in [6.07, 6.45) is 1.58. The number of carbonyl (C=O) groups is 1. The minimum atomic E-state index is -0.263. The van der Waals surface area contributed by atoms with Gasteiger partial charge < -0.3 is 14.2 Å². The summed E-state index contributed by atoms with van der Waals surface area (Å²) in [7, 11) is 1.62. The van der Waals surface area contributed by atoms with Gasteiger partial charge in [0.15, 0.2) is 23.6 Å². The summed E-state index contributed by atoms with van der Waals surface area (Å²) in [5.74, 6) is 1.20. The molecule has 0 spiro atoms. The number of ketones is 1. The van der Waals surface area contributed by atoms with Crippen molar-refractivity contribution >= 4 is 5.78 Å². The molecule has 2 heterocycles. The van der Waals surface area contributed by atoms with Gasteiger partial charge in [0.2, 0.25) is 0 Å². The highest BCUT2D eigenvalue weighted by atomic mass is 16.7. The maximum Gasteiger partial charge on any atom is 0.200 e. The molecular formula is C23H24N2O4. The van der Waals surface area contributed by atoms with Gasteiger partial charge in [-0.2, -0.15) is 5.10 Å². The molecule has 1 fully saturated rings. The molecule has 1 aliphatic rings. The van der Waals surface area contributed by atoms with Crippen molar-refractivity contribution in [2.75, 3.05) is 13.7 Å². The van der Waals surface area contributed by atoms with Crippen LogP contribution in [0.15, 0.2) is 54.6 Å². The van der Waals surface area contributed by atoms with E-state index >= 15 is 0 Å². The van der Waals surface area contributed by atoms with Crippen LogP contribution in [0.5, 0.6) is 11.5 Å². The molecule has 0 bridgehead atoms. The molecule has 150 valence electrons. The third-order valence-electron chi connectivity index (χ3n) is 4.92. The fourth-order valence-corrected chi connectivity index (χ4v) is 3.41. The van der Waals surface area contributed by atoms with Crippen molar-refractivity contribution in [1.82, 2.24) is 9.78 Å². The van der Waals surface area contributed by atoms with E-state index in [1.165, 1.54) is 6.92 Å². The minimum Gasteiger partial charge on any atom is -0.493 e. The second-order valence-corrected chi connectivity index (χ2v) is 7.04. The molecule has 3 aromatic rings. The number of rotatable bonds is 7. The predicted molar refractivity (Wildman–Crippen MR) is 109 cm³/mol. The van der Waals surface area contributed by atoms with E-state index in [1.54, 1.807) is 7.11 Å². The number of aromatic nitrogens is 2. The van der Waals surface area contributed by atoms with Crippen LogP contribution in [0.3, 0.4) is 0 Å². The largest absolute Gasteiger partial charge is 0.493 e. The summed E-state index contributed by atoms with van der Waals surface area (Å²) >= 11 is 0. The van der Waals surface area contributed by atoms with E-state index in [0.29, 0.717) is 30.3 Å². The third kappa shape index (κ3) is 4.32. The number of hydrogen-bond acceptors (Lipinski definition) is 5.